The topological polar surface area (TPSA) is 89.0 Å². The molecule has 37 heavy (non-hydrogen) atoms. The van der Waals surface area contributed by atoms with Crippen LogP contribution in [0.4, 0.5) is 0 Å². The summed E-state index contributed by atoms with van der Waals surface area (Å²) in [6.45, 7) is 5.51. The van der Waals surface area contributed by atoms with Crippen molar-refractivity contribution in [3.63, 3.8) is 0 Å². The zero-order valence-corrected chi connectivity index (χ0v) is 21.0. The average Bonchev–Trinajstić information content (AvgIpc) is 3.17. The number of nitrogens with zero attached hydrogens (tertiary/aromatic N) is 2. The highest BCUT2D eigenvalue weighted by Gasteiger charge is 2.46. The Kier molecular flexibility index (Phi) is 6.95. The van der Waals surface area contributed by atoms with Gasteiger partial charge in [-0.3, -0.25) is 14.6 Å². The van der Waals surface area contributed by atoms with Crippen LogP contribution in [0.1, 0.15) is 48.6 Å². The maximum Gasteiger partial charge on any atom is 0.295 e. The van der Waals surface area contributed by atoms with Crippen LogP contribution in [-0.4, -0.2) is 39.9 Å². The molecule has 3 aromatic rings. The van der Waals surface area contributed by atoms with E-state index in [9.17, 15) is 14.7 Å². The van der Waals surface area contributed by atoms with Crippen LogP contribution in [0.3, 0.4) is 0 Å². The summed E-state index contributed by atoms with van der Waals surface area (Å²) in [6, 6.07) is 15.6. The molecule has 2 aromatic carbocycles. The van der Waals surface area contributed by atoms with Gasteiger partial charge in [-0.15, -0.1) is 0 Å². The minimum atomic E-state index is -0.782. The van der Waals surface area contributed by atoms with Crippen molar-refractivity contribution in [2.45, 2.75) is 39.3 Å². The van der Waals surface area contributed by atoms with Gasteiger partial charge in [-0.05, 0) is 71.8 Å². The largest absolute Gasteiger partial charge is 0.507 e. The maximum atomic E-state index is 13.4. The Morgan fingerprint density at radius 2 is 2.03 bits per heavy atom. The fraction of sp³-hybridized carbons (Fsp3) is 0.300. The van der Waals surface area contributed by atoms with Gasteiger partial charge in [0.1, 0.15) is 17.3 Å². The van der Waals surface area contributed by atoms with Crippen molar-refractivity contribution >= 4 is 17.4 Å². The lowest BCUT2D eigenvalue weighted by Crippen LogP contribution is -2.29. The number of rotatable bonds is 7. The van der Waals surface area contributed by atoms with Crippen molar-refractivity contribution in [2.24, 2.45) is 5.92 Å². The first-order valence-electron chi connectivity index (χ1n) is 12.6. The minimum absolute atomic E-state index is 0.0616. The van der Waals surface area contributed by atoms with Crippen LogP contribution in [-0.2, 0) is 22.6 Å². The number of aryl methyl sites for hydroxylation is 1. The van der Waals surface area contributed by atoms with Crippen LogP contribution in [0.5, 0.6) is 11.5 Å². The fourth-order valence-electron chi connectivity index (χ4n) is 4.78. The van der Waals surface area contributed by atoms with E-state index in [-0.39, 0.29) is 17.9 Å². The molecule has 1 fully saturated rings. The number of carbonyl (C=O) groups excluding carboxylic acids is 2. The van der Waals surface area contributed by atoms with Crippen molar-refractivity contribution in [1.29, 1.82) is 0 Å². The summed E-state index contributed by atoms with van der Waals surface area (Å²) in [5, 5.41) is 11.5. The van der Waals surface area contributed by atoms with Crippen molar-refractivity contribution in [1.82, 2.24) is 9.88 Å². The van der Waals surface area contributed by atoms with Crippen molar-refractivity contribution < 1.29 is 24.2 Å². The Morgan fingerprint density at radius 3 is 2.81 bits per heavy atom. The number of aromatic nitrogens is 1. The molecule has 0 bridgehead atoms. The second-order valence-corrected chi connectivity index (χ2v) is 9.84. The van der Waals surface area contributed by atoms with Crippen LogP contribution in [0.25, 0.3) is 5.76 Å². The SMILES string of the molecule is CC(C)COc1cccc(C2/C(=C(/O)c3ccc4c(c3)CCCO4)C(=O)C(=O)N2Cc2cccnc2)c1. The molecule has 7 heteroatoms. The highest BCUT2D eigenvalue weighted by atomic mass is 16.5. The second kappa shape index (κ2) is 10.5. The molecular formula is C30H30N2O5. The number of aliphatic hydroxyl groups is 1. The second-order valence-electron chi connectivity index (χ2n) is 9.84. The molecule has 1 unspecified atom stereocenters. The number of Topliss-reactive ketones (excluding diaryl/α,β-unsaturated/α-hetero) is 1. The predicted molar refractivity (Wildman–Crippen MR) is 139 cm³/mol. The maximum absolute atomic E-state index is 13.4. The van der Waals surface area contributed by atoms with Gasteiger partial charge in [-0.25, -0.2) is 0 Å². The first kappa shape index (κ1) is 24.6. The molecule has 5 rings (SSSR count). The number of likely N-dealkylation sites (tertiary alicyclic amines) is 1. The first-order valence-corrected chi connectivity index (χ1v) is 12.6. The van der Waals surface area contributed by atoms with Gasteiger partial charge in [0.2, 0.25) is 0 Å². The van der Waals surface area contributed by atoms with Gasteiger partial charge >= 0.3 is 0 Å². The van der Waals surface area contributed by atoms with E-state index >= 15 is 0 Å². The molecule has 190 valence electrons. The third-order valence-corrected chi connectivity index (χ3v) is 6.55. The van der Waals surface area contributed by atoms with Gasteiger partial charge in [0.05, 0.1) is 24.8 Å². The Labute approximate surface area is 216 Å². The first-order chi connectivity index (χ1) is 17.9. The Hall–Kier alpha value is -4.13. The molecule has 1 saturated heterocycles. The number of hydrogen-bond donors (Lipinski definition) is 1. The summed E-state index contributed by atoms with van der Waals surface area (Å²) < 4.78 is 11.6. The van der Waals surface area contributed by atoms with E-state index in [4.69, 9.17) is 9.47 Å². The fourth-order valence-corrected chi connectivity index (χ4v) is 4.78. The molecule has 3 heterocycles. The van der Waals surface area contributed by atoms with Crippen LogP contribution in [0, 0.1) is 5.92 Å². The van der Waals surface area contributed by atoms with Crippen molar-refractivity contribution in [3.05, 3.63) is 94.8 Å². The van der Waals surface area contributed by atoms with Crippen LogP contribution in [0.15, 0.2) is 72.6 Å². The number of fused-ring (bicyclic) bond motifs is 1. The zero-order valence-electron chi connectivity index (χ0n) is 21.0. The third-order valence-electron chi connectivity index (χ3n) is 6.55. The Bertz CT molecular complexity index is 1350. The van der Waals surface area contributed by atoms with Gasteiger partial charge in [0, 0.05) is 24.5 Å². The third kappa shape index (κ3) is 5.07. The highest BCUT2D eigenvalue weighted by Crippen LogP contribution is 2.41. The van der Waals surface area contributed by atoms with Crippen LogP contribution >= 0.6 is 0 Å². The molecular weight excluding hydrogens is 468 g/mol. The van der Waals surface area contributed by atoms with Gasteiger partial charge in [0.15, 0.2) is 0 Å². The van der Waals surface area contributed by atoms with Gasteiger partial charge in [-0.2, -0.15) is 0 Å². The summed E-state index contributed by atoms with van der Waals surface area (Å²) in [5.74, 6) is 0.196. The summed E-state index contributed by atoms with van der Waals surface area (Å²) in [6.07, 6.45) is 5.03. The monoisotopic (exact) mass is 498 g/mol. The summed E-state index contributed by atoms with van der Waals surface area (Å²) in [4.78, 5) is 32.4. The van der Waals surface area contributed by atoms with E-state index in [1.54, 1.807) is 24.5 Å². The van der Waals surface area contributed by atoms with E-state index in [0.29, 0.717) is 36.0 Å². The van der Waals surface area contributed by atoms with Gasteiger partial charge < -0.3 is 19.5 Å². The molecule has 1 N–H and O–H groups in total. The van der Waals surface area contributed by atoms with Gasteiger partial charge in [0.25, 0.3) is 11.7 Å². The number of hydrogen-bond acceptors (Lipinski definition) is 6. The molecule has 0 radical (unpaired) electrons. The number of ether oxygens (including phenoxy) is 2. The number of benzene rings is 2. The number of aliphatic hydroxyl groups excluding tert-OH is 1. The highest BCUT2D eigenvalue weighted by molar-refractivity contribution is 6.46. The molecule has 0 aliphatic carbocycles. The Morgan fingerprint density at radius 1 is 1.16 bits per heavy atom. The molecule has 2 aliphatic heterocycles. The molecule has 7 nitrogen and oxygen atoms in total. The summed E-state index contributed by atoms with van der Waals surface area (Å²) in [5.41, 5.74) is 2.99. The van der Waals surface area contributed by atoms with Crippen molar-refractivity contribution in [3.8, 4) is 11.5 Å². The molecule has 1 atom stereocenters. The number of amides is 1. The number of ketones is 1. The summed E-state index contributed by atoms with van der Waals surface area (Å²) >= 11 is 0. The van der Waals surface area contributed by atoms with E-state index in [0.717, 1.165) is 29.7 Å². The van der Waals surface area contributed by atoms with E-state index in [1.165, 1.54) is 4.90 Å². The van der Waals surface area contributed by atoms with Gasteiger partial charge in [-0.1, -0.05) is 32.0 Å². The van der Waals surface area contributed by atoms with E-state index in [1.807, 2.05) is 42.5 Å². The van der Waals surface area contributed by atoms with Crippen LogP contribution < -0.4 is 9.47 Å². The molecule has 1 amide bonds. The average molecular weight is 499 g/mol. The smallest absolute Gasteiger partial charge is 0.295 e. The Balaban J connectivity index is 1.60. The van der Waals surface area contributed by atoms with E-state index in [2.05, 4.69) is 18.8 Å². The number of pyridine rings is 1. The molecule has 1 aromatic heterocycles. The minimum Gasteiger partial charge on any atom is -0.507 e. The number of carbonyl (C=O) groups is 2. The predicted octanol–water partition coefficient (Wildman–Crippen LogP) is 5.06. The van der Waals surface area contributed by atoms with Crippen molar-refractivity contribution in [2.75, 3.05) is 13.2 Å². The quantitative estimate of drug-likeness (QED) is 0.278. The standard InChI is InChI=1S/C30H30N2O5/c1-19(2)18-37-24-9-3-7-22(15-24)27-26(28(33)23-10-11-25-21(14-23)8-5-13-36-25)29(34)30(35)32(27)17-20-6-4-12-31-16-20/h3-4,6-7,9-12,14-16,19,27,33H,5,8,13,17-18H2,1-2H3/b28-26-. The molecule has 0 saturated carbocycles. The zero-order chi connectivity index (χ0) is 25.9. The molecule has 2 aliphatic rings. The lowest BCUT2D eigenvalue weighted by atomic mass is 9.93. The molecule has 0 spiro atoms. The summed E-state index contributed by atoms with van der Waals surface area (Å²) in [7, 11) is 0. The lowest BCUT2D eigenvalue weighted by molar-refractivity contribution is -0.140. The van der Waals surface area contributed by atoms with Crippen LogP contribution in [0.2, 0.25) is 0 Å². The lowest BCUT2D eigenvalue weighted by Gasteiger charge is -2.26. The normalized spacial score (nSPS) is 18.6. The van der Waals surface area contributed by atoms with E-state index < -0.39 is 17.7 Å².